The van der Waals surface area contributed by atoms with Gasteiger partial charge >= 0.3 is 0 Å². The molecule has 0 saturated carbocycles. The first-order chi connectivity index (χ1) is 12.4. The Bertz CT molecular complexity index is 943. The molecule has 5 nitrogen and oxygen atoms in total. The van der Waals surface area contributed by atoms with Crippen molar-refractivity contribution in [1.82, 2.24) is 19.5 Å². The summed E-state index contributed by atoms with van der Waals surface area (Å²) in [5.74, 6) is 0.403. The molecule has 3 rings (SSSR count). The molecule has 3 aromatic rings. The van der Waals surface area contributed by atoms with Gasteiger partial charge in [-0.05, 0) is 50.8 Å². The van der Waals surface area contributed by atoms with Crippen LogP contribution in [0, 0.1) is 13.8 Å². The van der Waals surface area contributed by atoms with Crippen LogP contribution >= 0.6 is 0 Å². The van der Waals surface area contributed by atoms with Gasteiger partial charge in [-0.1, -0.05) is 20.8 Å². The van der Waals surface area contributed by atoms with Crippen molar-refractivity contribution in [3.63, 3.8) is 0 Å². The highest BCUT2D eigenvalue weighted by atomic mass is 16.3. The van der Waals surface area contributed by atoms with E-state index in [1.54, 1.807) is 0 Å². The number of aliphatic hydroxyl groups excluding tert-OH is 1. The van der Waals surface area contributed by atoms with Gasteiger partial charge in [0.2, 0.25) is 0 Å². The van der Waals surface area contributed by atoms with E-state index in [4.69, 9.17) is 15.0 Å². The van der Waals surface area contributed by atoms with Crippen molar-refractivity contribution in [1.29, 1.82) is 0 Å². The van der Waals surface area contributed by atoms with Crippen molar-refractivity contribution >= 4 is 11.2 Å². The Labute approximate surface area is 155 Å². The van der Waals surface area contributed by atoms with Crippen LogP contribution < -0.4 is 0 Å². The molecule has 0 fully saturated rings. The minimum atomic E-state index is -0.0241. The van der Waals surface area contributed by atoms with Crippen molar-refractivity contribution in [3.8, 4) is 11.3 Å². The lowest BCUT2D eigenvalue weighted by atomic mass is 10.0. The van der Waals surface area contributed by atoms with Crippen molar-refractivity contribution in [3.05, 3.63) is 41.0 Å². The SMILES string of the molecule is CCc1nc(C(C)C)ccc1-c1nc2c(C)cn([C@@H](C)CO)c2nc1C. The van der Waals surface area contributed by atoms with E-state index in [1.165, 1.54) is 0 Å². The fraction of sp³-hybridized carbons (Fsp3) is 0.476. The Balaban J connectivity index is 2.21. The lowest BCUT2D eigenvalue weighted by Crippen LogP contribution is -2.09. The number of pyridine rings is 1. The van der Waals surface area contributed by atoms with E-state index in [-0.39, 0.29) is 12.6 Å². The second kappa shape index (κ2) is 7.16. The second-order valence-electron chi connectivity index (χ2n) is 7.32. The van der Waals surface area contributed by atoms with E-state index < -0.39 is 0 Å². The molecule has 5 heteroatoms. The average molecular weight is 352 g/mol. The molecular formula is C21H28N4O. The van der Waals surface area contributed by atoms with Crippen LogP contribution in [0.5, 0.6) is 0 Å². The molecule has 138 valence electrons. The molecule has 3 aromatic heterocycles. The first-order valence-corrected chi connectivity index (χ1v) is 9.34. The monoisotopic (exact) mass is 352 g/mol. The maximum Gasteiger partial charge on any atom is 0.159 e. The Morgan fingerprint density at radius 1 is 1.08 bits per heavy atom. The molecule has 0 aliphatic heterocycles. The molecule has 0 aliphatic rings. The summed E-state index contributed by atoms with van der Waals surface area (Å²) in [5, 5.41) is 9.52. The van der Waals surface area contributed by atoms with Crippen LogP contribution in [0.15, 0.2) is 18.3 Å². The van der Waals surface area contributed by atoms with Crippen molar-refractivity contribution in [2.75, 3.05) is 6.61 Å². The predicted molar refractivity (Wildman–Crippen MR) is 105 cm³/mol. The summed E-state index contributed by atoms with van der Waals surface area (Å²) in [6.45, 7) is 12.5. The Kier molecular flexibility index (Phi) is 5.10. The first kappa shape index (κ1) is 18.5. The molecule has 0 unspecified atom stereocenters. The Hall–Kier alpha value is -2.27. The van der Waals surface area contributed by atoms with Crippen LogP contribution in [0.3, 0.4) is 0 Å². The normalized spacial score (nSPS) is 12.9. The van der Waals surface area contributed by atoms with Crippen LogP contribution in [-0.2, 0) is 6.42 Å². The van der Waals surface area contributed by atoms with E-state index in [9.17, 15) is 5.11 Å². The topological polar surface area (TPSA) is 63.8 Å². The largest absolute Gasteiger partial charge is 0.394 e. The van der Waals surface area contributed by atoms with Gasteiger partial charge in [-0.25, -0.2) is 9.97 Å². The zero-order chi connectivity index (χ0) is 19.0. The molecule has 1 N–H and O–H groups in total. The smallest absolute Gasteiger partial charge is 0.159 e. The Morgan fingerprint density at radius 3 is 2.42 bits per heavy atom. The van der Waals surface area contributed by atoms with Crippen molar-refractivity contribution in [2.24, 2.45) is 0 Å². The second-order valence-corrected chi connectivity index (χ2v) is 7.32. The first-order valence-electron chi connectivity index (χ1n) is 9.34. The Morgan fingerprint density at radius 2 is 1.81 bits per heavy atom. The van der Waals surface area contributed by atoms with Gasteiger partial charge in [0.25, 0.3) is 0 Å². The van der Waals surface area contributed by atoms with Crippen LogP contribution in [0.4, 0.5) is 0 Å². The van der Waals surface area contributed by atoms with Crippen molar-refractivity contribution < 1.29 is 5.11 Å². The lowest BCUT2D eigenvalue weighted by Gasteiger charge is -2.14. The van der Waals surface area contributed by atoms with Gasteiger partial charge in [0.1, 0.15) is 5.52 Å². The highest BCUT2D eigenvalue weighted by Crippen LogP contribution is 2.29. The molecule has 0 spiro atoms. The van der Waals surface area contributed by atoms with Crippen LogP contribution in [0.2, 0.25) is 0 Å². The number of aryl methyl sites for hydroxylation is 3. The summed E-state index contributed by atoms with van der Waals surface area (Å²) >= 11 is 0. The molecule has 26 heavy (non-hydrogen) atoms. The van der Waals surface area contributed by atoms with E-state index in [1.807, 2.05) is 31.5 Å². The van der Waals surface area contributed by atoms with Gasteiger partial charge in [0, 0.05) is 23.1 Å². The molecule has 3 heterocycles. The average Bonchev–Trinajstić information content (AvgIpc) is 2.95. The summed E-state index contributed by atoms with van der Waals surface area (Å²) in [6.07, 6.45) is 2.88. The van der Waals surface area contributed by atoms with Crippen LogP contribution in [-0.4, -0.2) is 31.2 Å². The lowest BCUT2D eigenvalue weighted by molar-refractivity contribution is 0.241. The number of aliphatic hydroxyl groups is 1. The molecule has 0 aromatic carbocycles. The van der Waals surface area contributed by atoms with Crippen LogP contribution in [0.25, 0.3) is 22.4 Å². The molecule has 1 atom stereocenters. The van der Waals surface area contributed by atoms with E-state index >= 15 is 0 Å². The maximum atomic E-state index is 9.52. The van der Waals surface area contributed by atoms with E-state index in [0.29, 0.717) is 5.92 Å². The van der Waals surface area contributed by atoms with Gasteiger partial charge in [-0.15, -0.1) is 0 Å². The number of nitrogens with zero attached hydrogens (tertiary/aromatic N) is 4. The molecule has 0 radical (unpaired) electrons. The quantitative estimate of drug-likeness (QED) is 0.741. The highest BCUT2D eigenvalue weighted by molar-refractivity contribution is 5.80. The third-order valence-corrected chi connectivity index (χ3v) is 4.92. The number of hydrogen-bond donors (Lipinski definition) is 1. The summed E-state index contributed by atoms with van der Waals surface area (Å²) in [6, 6.07) is 4.20. The number of fused-ring (bicyclic) bond motifs is 1. The standard InChI is InChI=1S/C21H28N4O/c1-7-17-16(8-9-18(23-17)12(2)3)20-15(6)22-21-19(24-20)13(4)10-25(21)14(5)11-26/h8-10,12,14,26H,7,11H2,1-6H3/t14-/m0/s1. The predicted octanol–water partition coefficient (Wildman–Crippen LogP) is 4.35. The molecule has 0 aliphatic carbocycles. The van der Waals surface area contributed by atoms with Gasteiger partial charge in [0.05, 0.1) is 24.0 Å². The zero-order valence-electron chi connectivity index (χ0n) is 16.5. The fourth-order valence-corrected chi connectivity index (χ4v) is 3.29. The number of rotatable bonds is 5. The summed E-state index contributed by atoms with van der Waals surface area (Å²) in [5.41, 5.74) is 7.80. The van der Waals surface area contributed by atoms with Crippen LogP contribution in [0.1, 0.15) is 62.3 Å². The molecule has 0 saturated heterocycles. The zero-order valence-corrected chi connectivity index (χ0v) is 16.5. The molecule has 0 bridgehead atoms. The van der Waals surface area contributed by atoms with E-state index in [0.717, 1.165) is 51.5 Å². The number of hydrogen-bond acceptors (Lipinski definition) is 4. The minimum Gasteiger partial charge on any atom is -0.394 e. The fourth-order valence-electron chi connectivity index (χ4n) is 3.29. The van der Waals surface area contributed by atoms with Gasteiger partial charge in [0.15, 0.2) is 5.65 Å². The maximum absolute atomic E-state index is 9.52. The summed E-state index contributed by atoms with van der Waals surface area (Å²) in [4.78, 5) is 14.6. The summed E-state index contributed by atoms with van der Waals surface area (Å²) < 4.78 is 2.01. The van der Waals surface area contributed by atoms with Crippen molar-refractivity contribution in [2.45, 2.75) is 59.9 Å². The highest BCUT2D eigenvalue weighted by Gasteiger charge is 2.18. The summed E-state index contributed by atoms with van der Waals surface area (Å²) in [7, 11) is 0. The number of aromatic nitrogens is 4. The third kappa shape index (κ3) is 3.12. The van der Waals surface area contributed by atoms with Gasteiger partial charge in [-0.3, -0.25) is 4.98 Å². The van der Waals surface area contributed by atoms with Gasteiger partial charge in [-0.2, -0.15) is 0 Å². The molecule has 0 amide bonds. The van der Waals surface area contributed by atoms with Gasteiger partial charge < -0.3 is 9.67 Å². The minimum absolute atomic E-state index is 0.0241. The van der Waals surface area contributed by atoms with E-state index in [2.05, 4.69) is 32.9 Å². The molecular weight excluding hydrogens is 324 g/mol. The third-order valence-electron chi connectivity index (χ3n) is 4.92.